The molecule has 1 aromatic rings. The van der Waals surface area contributed by atoms with Gasteiger partial charge in [-0.15, -0.1) is 0 Å². The summed E-state index contributed by atoms with van der Waals surface area (Å²) in [6, 6.07) is 0. The minimum absolute atomic E-state index is 0.00352. The Morgan fingerprint density at radius 1 is 1.53 bits per heavy atom. The number of aliphatic hydroxyl groups is 1. The van der Waals surface area contributed by atoms with Crippen molar-refractivity contribution in [1.29, 1.82) is 0 Å². The fourth-order valence-electron chi connectivity index (χ4n) is 1.37. The Morgan fingerprint density at radius 3 is 2.71 bits per heavy atom. The Labute approximate surface area is 105 Å². The molecule has 1 aromatic heterocycles. The lowest BCUT2D eigenvalue weighted by Crippen LogP contribution is -2.21. The van der Waals surface area contributed by atoms with Crippen molar-refractivity contribution in [3.05, 3.63) is 0 Å². The maximum atomic E-state index is 11.9. The summed E-state index contributed by atoms with van der Waals surface area (Å²) in [6.45, 7) is 2.20. The lowest BCUT2D eigenvalue weighted by Gasteiger charge is -2.17. The summed E-state index contributed by atoms with van der Waals surface area (Å²) in [5, 5.41) is 9.30. The number of aliphatic hydroxyl groups excluding tert-OH is 1. The molecule has 0 fully saturated rings. The molecule has 8 heteroatoms. The van der Waals surface area contributed by atoms with E-state index in [0.717, 1.165) is 11.5 Å². The summed E-state index contributed by atoms with van der Waals surface area (Å²) in [5.41, 5.74) is 5.61. The summed E-state index contributed by atoms with van der Waals surface area (Å²) in [7, 11) is -1.61. The van der Waals surface area contributed by atoms with Crippen molar-refractivity contribution in [2.75, 3.05) is 36.6 Å². The van der Waals surface area contributed by atoms with E-state index in [1.54, 1.807) is 18.9 Å². The molecule has 0 radical (unpaired) electrons. The average Bonchev–Trinajstić information content (AvgIpc) is 2.68. The third kappa shape index (κ3) is 3.08. The number of aromatic nitrogens is 1. The van der Waals surface area contributed by atoms with Crippen LogP contribution in [0.2, 0.25) is 0 Å². The minimum Gasteiger partial charge on any atom is -0.396 e. The molecule has 0 spiro atoms. The fourth-order valence-corrected chi connectivity index (χ4v) is 3.69. The summed E-state index contributed by atoms with van der Waals surface area (Å²) >= 11 is 1.07. The van der Waals surface area contributed by atoms with E-state index in [1.165, 1.54) is 0 Å². The summed E-state index contributed by atoms with van der Waals surface area (Å²) < 4.78 is 27.7. The van der Waals surface area contributed by atoms with Crippen molar-refractivity contribution >= 4 is 32.2 Å². The largest absolute Gasteiger partial charge is 0.396 e. The normalized spacial score (nSPS) is 11.7. The molecule has 0 bridgehead atoms. The number of hydrogen-bond donors (Lipinski definition) is 2. The molecule has 0 atom stereocenters. The van der Waals surface area contributed by atoms with Gasteiger partial charge in [-0.25, -0.2) is 8.42 Å². The zero-order valence-electron chi connectivity index (χ0n) is 9.88. The second-order valence-corrected chi connectivity index (χ2v) is 6.57. The van der Waals surface area contributed by atoms with Gasteiger partial charge in [0.1, 0.15) is 9.90 Å². The highest BCUT2D eigenvalue weighted by atomic mass is 32.2. The second-order valence-electron chi connectivity index (χ2n) is 3.60. The zero-order valence-corrected chi connectivity index (χ0v) is 11.5. The summed E-state index contributed by atoms with van der Waals surface area (Å²) in [6.07, 6.45) is 0.569. The van der Waals surface area contributed by atoms with Gasteiger partial charge in [0, 0.05) is 20.2 Å². The SMILES string of the molecule is CCS(=O)(=O)c1c(N)nsc1N(C)CCCO. The topological polar surface area (TPSA) is 96.5 Å². The first-order chi connectivity index (χ1) is 7.94. The van der Waals surface area contributed by atoms with E-state index in [2.05, 4.69) is 4.37 Å². The number of rotatable bonds is 6. The highest BCUT2D eigenvalue weighted by molar-refractivity contribution is 7.91. The predicted molar refractivity (Wildman–Crippen MR) is 69.2 cm³/mol. The van der Waals surface area contributed by atoms with Gasteiger partial charge in [-0.1, -0.05) is 6.92 Å². The summed E-state index contributed by atoms with van der Waals surface area (Å²) in [4.78, 5) is 1.87. The van der Waals surface area contributed by atoms with Gasteiger partial charge in [0.2, 0.25) is 0 Å². The van der Waals surface area contributed by atoms with Crippen LogP contribution in [0.5, 0.6) is 0 Å². The van der Waals surface area contributed by atoms with Gasteiger partial charge in [-0.3, -0.25) is 0 Å². The Hall–Kier alpha value is -0.860. The molecule has 1 rings (SSSR count). The molecule has 3 N–H and O–H groups in total. The maximum absolute atomic E-state index is 11.9. The first kappa shape index (κ1) is 14.2. The van der Waals surface area contributed by atoms with Crippen LogP contribution in [-0.2, 0) is 9.84 Å². The fraction of sp³-hybridized carbons (Fsp3) is 0.667. The Balaban J connectivity index is 3.10. The molecule has 0 aliphatic heterocycles. The first-order valence-corrected chi connectivity index (χ1v) is 7.66. The van der Waals surface area contributed by atoms with Crippen LogP contribution in [0.4, 0.5) is 10.8 Å². The third-order valence-electron chi connectivity index (χ3n) is 2.35. The van der Waals surface area contributed by atoms with Gasteiger partial charge in [0.15, 0.2) is 15.7 Å². The first-order valence-electron chi connectivity index (χ1n) is 5.24. The second kappa shape index (κ2) is 5.65. The molecule has 0 saturated carbocycles. The highest BCUT2D eigenvalue weighted by Crippen LogP contribution is 2.34. The Kier molecular flexibility index (Phi) is 4.72. The number of nitrogen functional groups attached to an aromatic ring is 1. The molecule has 0 aliphatic rings. The van der Waals surface area contributed by atoms with Crippen molar-refractivity contribution in [2.24, 2.45) is 0 Å². The lowest BCUT2D eigenvalue weighted by molar-refractivity contribution is 0.290. The standard InChI is InChI=1S/C9H17N3O3S2/c1-3-17(14,15)7-8(10)11-16-9(7)12(2)5-4-6-13/h13H,3-6H2,1-2H3,(H2,10,11). The van der Waals surface area contributed by atoms with E-state index < -0.39 is 9.84 Å². The molecule has 6 nitrogen and oxygen atoms in total. The monoisotopic (exact) mass is 279 g/mol. The number of nitrogens with zero attached hydrogens (tertiary/aromatic N) is 2. The number of sulfone groups is 1. The van der Waals surface area contributed by atoms with Crippen LogP contribution in [-0.4, -0.2) is 43.9 Å². The van der Waals surface area contributed by atoms with Crippen molar-refractivity contribution < 1.29 is 13.5 Å². The smallest absolute Gasteiger partial charge is 0.184 e. The van der Waals surface area contributed by atoms with Gasteiger partial charge in [0.25, 0.3) is 0 Å². The number of hydrogen-bond acceptors (Lipinski definition) is 7. The van der Waals surface area contributed by atoms with E-state index in [-0.39, 0.29) is 23.1 Å². The van der Waals surface area contributed by atoms with Gasteiger partial charge in [-0.2, -0.15) is 4.37 Å². The molecule has 0 aliphatic carbocycles. The highest BCUT2D eigenvalue weighted by Gasteiger charge is 2.25. The molecule has 0 aromatic carbocycles. The van der Waals surface area contributed by atoms with Crippen molar-refractivity contribution in [2.45, 2.75) is 18.2 Å². The van der Waals surface area contributed by atoms with Crippen LogP contribution in [0.3, 0.4) is 0 Å². The van der Waals surface area contributed by atoms with E-state index >= 15 is 0 Å². The van der Waals surface area contributed by atoms with Crippen LogP contribution in [0.15, 0.2) is 4.90 Å². The van der Waals surface area contributed by atoms with Crippen molar-refractivity contribution in [3.63, 3.8) is 0 Å². The van der Waals surface area contributed by atoms with E-state index in [9.17, 15) is 8.42 Å². The molecular weight excluding hydrogens is 262 g/mol. The molecule has 98 valence electrons. The molecular formula is C9H17N3O3S2. The molecule has 17 heavy (non-hydrogen) atoms. The Bertz CT molecular complexity index is 470. The van der Waals surface area contributed by atoms with E-state index in [0.29, 0.717) is 18.0 Å². The van der Waals surface area contributed by atoms with E-state index in [1.807, 2.05) is 0 Å². The minimum atomic E-state index is -3.37. The molecule has 0 unspecified atom stereocenters. The van der Waals surface area contributed by atoms with Gasteiger partial charge < -0.3 is 15.7 Å². The van der Waals surface area contributed by atoms with Gasteiger partial charge in [0.05, 0.1) is 5.75 Å². The predicted octanol–water partition coefficient (Wildman–Crippen LogP) is 0.337. The lowest BCUT2D eigenvalue weighted by atomic mass is 10.4. The van der Waals surface area contributed by atoms with Crippen LogP contribution in [0.25, 0.3) is 0 Å². The summed E-state index contributed by atoms with van der Waals surface area (Å²) in [5.74, 6) is 0.0545. The van der Waals surface area contributed by atoms with Crippen molar-refractivity contribution in [3.8, 4) is 0 Å². The number of nitrogens with two attached hydrogens (primary N) is 1. The molecule has 1 heterocycles. The zero-order chi connectivity index (χ0) is 13.1. The third-order valence-corrected chi connectivity index (χ3v) is 5.24. The molecule has 0 saturated heterocycles. The molecule has 0 amide bonds. The Morgan fingerprint density at radius 2 is 2.18 bits per heavy atom. The van der Waals surface area contributed by atoms with Crippen LogP contribution in [0.1, 0.15) is 13.3 Å². The van der Waals surface area contributed by atoms with E-state index in [4.69, 9.17) is 10.8 Å². The average molecular weight is 279 g/mol. The van der Waals surface area contributed by atoms with Gasteiger partial charge in [-0.05, 0) is 18.0 Å². The van der Waals surface area contributed by atoms with Gasteiger partial charge >= 0.3 is 0 Å². The van der Waals surface area contributed by atoms with Crippen molar-refractivity contribution in [1.82, 2.24) is 4.37 Å². The quantitative estimate of drug-likeness (QED) is 0.779. The maximum Gasteiger partial charge on any atom is 0.184 e. The van der Waals surface area contributed by atoms with Crippen LogP contribution >= 0.6 is 11.5 Å². The number of anilines is 2. The van der Waals surface area contributed by atoms with Crippen LogP contribution < -0.4 is 10.6 Å². The van der Waals surface area contributed by atoms with Crippen LogP contribution in [0, 0.1) is 0 Å².